The van der Waals surface area contributed by atoms with Crippen LogP contribution in [0.2, 0.25) is 0 Å². The van der Waals surface area contributed by atoms with Crippen LogP contribution in [0.4, 0.5) is 0 Å². The van der Waals surface area contributed by atoms with Gasteiger partial charge in [0.15, 0.2) is 0 Å². The van der Waals surface area contributed by atoms with E-state index < -0.39 is 5.97 Å². The van der Waals surface area contributed by atoms with E-state index in [4.69, 9.17) is 14.3 Å². The van der Waals surface area contributed by atoms with Crippen molar-refractivity contribution < 1.29 is 23.8 Å². The van der Waals surface area contributed by atoms with Crippen LogP contribution in [0.5, 0.6) is 5.75 Å². The second-order valence-corrected chi connectivity index (χ2v) is 5.91. The highest BCUT2D eigenvalue weighted by Crippen LogP contribution is 2.19. The van der Waals surface area contributed by atoms with Gasteiger partial charge in [-0.3, -0.25) is 9.59 Å². The Bertz CT molecular complexity index is 763. The number of carbonyl (C=O) groups excluding carboxylic acids is 1. The molecule has 0 bridgehead atoms. The molecule has 0 spiro atoms. The lowest BCUT2D eigenvalue weighted by Gasteiger charge is -2.11. The first kappa shape index (κ1) is 18.6. The molecule has 1 heterocycles. The molecule has 0 aliphatic heterocycles. The van der Waals surface area contributed by atoms with Crippen molar-refractivity contribution in [1.82, 2.24) is 5.32 Å². The molecule has 6 heteroatoms. The van der Waals surface area contributed by atoms with Gasteiger partial charge in [0.2, 0.25) is 0 Å². The van der Waals surface area contributed by atoms with Crippen LogP contribution < -0.4 is 10.1 Å². The molecule has 0 fully saturated rings. The summed E-state index contributed by atoms with van der Waals surface area (Å²) in [5.41, 5.74) is 2.90. The molecule has 0 aliphatic carbocycles. The number of benzene rings is 1. The molecule has 0 aliphatic rings. The third-order valence-corrected chi connectivity index (χ3v) is 3.82. The first-order chi connectivity index (χ1) is 11.9. The zero-order valence-corrected chi connectivity index (χ0v) is 14.7. The summed E-state index contributed by atoms with van der Waals surface area (Å²) in [7, 11) is 0. The average molecular weight is 345 g/mol. The molecule has 134 valence electrons. The van der Waals surface area contributed by atoms with Crippen LogP contribution in [0.3, 0.4) is 0 Å². The predicted molar refractivity (Wildman–Crippen MR) is 92.9 cm³/mol. The highest BCUT2D eigenvalue weighted by Gasteiger charge is 2.20. The van der Waals surface area contributed by atoms with Crippen LogP contribution in [-0.2, 0) is 17.8 Å². The van der Waals surface area contributed by atoms with Crippen LogP contribution in [0.25, 0.3) is 0 Å². The molecular weight excluding hydrogens is 322 g/mol. The molecule has 6 nitrogen and oxygen atoms in total. The maximum atomic E-state index is 12.4. The Labute approximate surface area is 146 Å². The number of hydrogen-bond donors (Lipinski definition) is 2. The van der Waals surface area contributed by atoms with Gasteiger partial charge in [0.1, 0.15) is 17.9 Å². The van der Waals surface area contributed by atoms with Gasteiger partial charge in [-0.05, 0) is 43.5 Å². The smallest absolute Gasteiger partial charge is 0.311 e. The van der Waals surface area contributed by atoms with Gasteiger partial charge in [0.25, 0.3) is 5.91 Å². The first-order valence-electron chi connectivity index (χ1n) is 8.21. The quantitative estimate of drug-likeness (QED) is 0.767. The van der Waals surface area contributed by atoms with Crippen LogP contribution in [-0.4, -0.2) is 23.6 Å². The molecule has 2 N–H and O–H groups in total. The first-order valence-corrected chi connectivity index (χ1v) is 8.21. The minimum absolute atomic E-state index is 0.169. The topological polar surface area (TPSA) is 88.8 Å². The summed E-state index contributed by atoms with van der Waals surface area (Å²) in [5.74, 6) is -0.401. The monoisotopic (exact) mass is 345 g/mol. The van der Waals surface area contributed by atoms with Gasteiger partial charge in [0.05, 0.1) is 18.4 Å². The summed E-state index contributed by atoms with van der Waals surface area (Å²) in [6, 6.07) is 5.74. The maximum Gasteiger partial charge on any atom is 0.311 e. The normalized spacial score (nSPS) is 10.5. The summed E-state index contributed by atoms with van der Waals surface area (Å²) >= 11 is 0. The number of furan rings is 1. The summed E-state index contributed by atoms with van der Waals surface area (Å²) in [5, 5.41) is 11.7. The summed E-state index contributed by atoms with van der Waals surface area (Å²) in [4.78, 5) is 23.3. The van der Waals surface area contributed by atoms with E-state index in [9.17, 15) is 9.59 Å². The fourth-order valence-electron chi connectivity index (χ4n) is 2.51. The lowest BCUT2D eigenvalue weighted by atomic mass is 10.1. The molecule has 0 unspecified atom stereocenters. The number of rotatable bonds is 8. The van der Waals surface area contributed by atoms with Crippen molar-refractivity contribution in [3.05, 3.63) is 52.5 Å². The van der Waals surface area contributed by atoms with Gasteiger partial charge in [-0.1, -0.05) is 13.0 Å². The second kappa shape index (κ2) is 8.37. The number of aliphatic carboxylic acids is 1. The van der Waals surface area contributed by atoms with Gasteiger partial charge in [-0.25, -0.2) is 0 Å². The Morgan fingerprint density at radius 2 is 2.00 bits per heavy atom. The lowest BCUT2D eigenvalue weighted by Crippen LogP contribution is -2.25. The molecule has 0 saturated heterocycles. The zero-order valence-electron chi connectivity index (χ0n) is 14.7. The molecule has 2 rings (SSSR count). The minimum atomic E-state index is -1.04. The Hall–Kier alpha value is -2.76. The standard InChI is InChI=1S/C19H23NO5/c1-4-7-24-15-6-5-14(12(2)8-15)10-20-19(23)18-13(3)11-25-16(18)9-17(21)22/h5-6,8,11H,4,7,9-10H2,1-3H3,(H,20,23)(H,21,22). The Morgan fingerprint density at radius 1 is 1.24 bits per heavy atom. The molecule has 0 saturated carbocycles. The van der Waals surface area contributed by atoms with Crippen molar-refractivity contribution in [3.63, 3.8) is 0 Å². The predicted octanol–water partition coefficient (Wildman–Crippen LogP) is 3.24. The van der Waals surface area contributed by atoms with Crippen molar-refractivity contribution in [2.24, 2.45) is 0 Å². The number of carboxylic acid groups (broad SMARTS) is 1. The number of ether oxygens (including phenoxy) is 1. The van der Waals surface area contributed by atoms with E-state index in [0.717, 1.165) is 23.3 Å². The molecule has 1 amide bonds. The van der Waals surface area contributed by atoms with Gasteiger partial charge >= 0.3 is 5.97 Å². The third-order valence-electron chi connectivity index (χ3n) is 3.82. The van der Waals surface area contributed by atoms with E-state index in [1.807, 2.05) is 32.0 Å². The van der Waals surface area contributed by atoms with Crippen molar-refractivity contribution in [3.8, 4) is 5.75 Å². The fraction of sp³-hybridized carbons (Fsp3) is 0.368. The number of carbonyl (C=O) groups is 2. The van der Waals surface area contributed by atoms with E-state index in [1.54, 1.807) is 6.92 Å². The van der Waals surface area contributed by atoms with Crippen molar-refractivity contribution in [2.45, 2.75) is 40.2 Å². The largest absolute Gasteiger partial charge is 0.494 e. The van der Waals surface area contributed by atoms with Crippen molar-refractivity contribution in [1.29, 1.82) is 0 Å². The minimum Gasteiger partial charge on any atom is -0.494 e. The Morgan fingerprint density at radius 3 is 2.64 bits per heavy atom. The SMILES string of the molecule is CCCOc1ccc(CNC(=O)c2c(C)coc2CC(=O)O)c(C)c1. The fourth-order valence-corrected chi connectivity index (χ4v) is 2.51. The number of amides is 1. The van der Waals surface area contributed by atoms with Crippen molar-refractivity contribution in [2.75, 3.05) is 6.61 Å². The van der Waals surface area contributed by atoms with E-state index in [0.29, 0.717) is 24.3 Å². The molecule has 25 heavy (non-hydrogen) atoms. The molecule has 0 atom stereocenters. The van der Waals surface area contributed by atoms with Crippen LogP contribution in [0.1, 0.15) is 46.2 Å². The summed E-state index contributed by atoms with van der Waals surface area (Å²) in [6.45, 7) is 6.73. The molecular formula is C19H23NO5. The molecule has 1 aromatic heterocycles. The summed E-state index contributed by atoms with van der Waals surface area (Å²) < 4.78 is 10.8. The maximum absolute atomic E-state index is 12.4. The molecule has 2 aromatic rings. The highest BCUT2D eigenvalue weighted by atomic mass is 16.5. The lowest BCUT2D eigenvalue weighted by molar-refractivity contribution is -0.136. The van der Waals surface area contributed by atoms with E-state index in [1.165, 1.54) is 6.26 Å². The van der Waals surface area contributed by atoms with E-state index in [2.05, 4.69) is 5.32 Å². The third kappa shape index (κ3) is 4.86. The van der Waals surface area contributed by atoms with Crippen LogP contribution in [0.15, 0.2) is 28.9 Å². The highest BCUT2D eigenvalue weighted by molar-refractivity contribution is 5.97. The van der Waals surface area contributed by atoms with E-state index >= 15 is 0 Å². The Balaban J connectivity index is 2.05. The van der Waals surface area contributed by atoms with Gasteiger partial charge in [-0.2, -0.15) is 0 Å². The number of nitrogens with one attached hydrogen (secondary N) is 1. The number of carboxylic acids is 1. The zero-order chi connectivity index (χ0) is 18.4. The number of aryl methyl sites for hydroxylation is 2. The van der Waals surface area contributed by atoms with Crippen molar-refractivity contribution >= 4 is 11.9 Å². The van der Waals surface area contributed by atoms with Crippen LogP contribution >= 0.6 is 0 Å². The molecule has 0 radical (unpaired) electrons. The Kier molecular flexibility index (Phi) is 6.22. The second-order valence-electron chi connectivity index (χ2n) is 5.91. The van der Waals surface area contributed by atoms with Gasteiger partial charge in [-0.15, -0.1) is 0 Å². The van der Waals surface area contributed by atoms with E-state index in [-0.39, 0.29) is 18.1 Å². The average Bonchev–Trinajstić information content (AvgIpc) is 2.91. The number of hydrogen-bond acceptors (Lipinski definition) is 4. The van der Waals surface area contributed by atoms with Gasteiger partial charge < -0.3 is 19.6 Å². The van der Waals surface area contributed by atoms with Gasteiger partial charge in [0, 0.05) is 12.1 Å². The summed E-state index contributed by atoms with van der Waals surface area (Å²) in [6.07, 6.45) is 2.02. The van der Waals surface area contributed by atoms with Crippen LogP contribution in [0, 0.1) is 13.8 Å². The molecule has 1 aromatic carbocycles.